The highest BCUT2D eigenvalue weighted by Crippen LogP contribution is 2.31. The molecule has 0 bridgehead atoms. The lowest BCUT2D eigenvalue weighted by Gasteiger charge is -2.26. The SMILES string of the molecule is COc1c(-c2cn(C3CNC3)nn2)c(C)nn1C. The molecule has 0 saturated carbocycles. The van der Waals surface area contributed by atoms with Gasteiger partial charge in [0.25, 0.3) is 0 Å². The van der Waals surface area contributed by atoms with Crippen LogP contribution in [0.5, 0.6) is 5.88 Å². The number of hydrogen-bond acceptors (Lipinski definition) is 5. The smallest absolute Gasteiger partial charge is 0.221 e. The quantitative estimate of drug-likeness (QED) is 0.836. The Kier molecular flexibility index (Phi) is 2.55. The lowest BCUT2D eigenvalue weighted by atomic mass is 10.1. The van der Waals surface area contributed by atoms with Gasteiger partial charge in [-0.05, 0) is 6.92 Å². The monoisotopic (exact) mass is 248 g/mol. The summed E-state index contributed by atoms with van der Waals surface area (Å²) in [6.45, 7) is 3.85. The van der Waals surface area contributed by atoms with Crippen LogP contribution in [-0.4, -0.2) is 45.0 Å². The number of hydrogen-bond donors (Lipinski definition) is 1. The molecule has 3 heterocycles. The maximum Gasteiger partial charge on any atom is 0.221 e. The number of nitrogens with zero attached hydrogens (tertiary/aromatic N) is 5. The van der Waals surface area contributed by atoms with E-state index in [0.29, 0.717) is 11.9 Å². The Morgan fingerprint density at radius 2 is 2.22 bits per heavy atom. The minimum absolute atomic E-state index is 0.411. The van der Waals surface area contributed by atoms with Gasteiger partial charge in [0.2, 0.25) is 5.88 Å². The van der Waals surface area contributed by atoms with Crippen LogP contribution in [0.15, 0.2) is 6.20 Å². The van der Waals surface area contributed by atoms with Crippen molar-refractivity contribution in [3.05, 3.63) is 11.9 Å². The van der Waals surface area contributed by atoms with Gasteiger partial charge in [-0.25, -0.2) is 9.36 Å². The topological polar surface area (TPSA) is 69.8 Å². The summed E-state index contributed by atoms with van der Waals surface area (Å²) in [5, 5.41) is 16.0. The second-order valence-corrected chi connectivity index (χ2v) is 4.49. The number of aromatic nitrogens is 5. The van der Waals surface area contributed by atoms with Crippen LogP contribution >= 0.6 is 0 Å². The summed E-state index contributed by atoms with van der Waals surface area (Å²) >= 11 is 0. The Hall–Kier alpha value is -1.89. The number of rotatable bonds is 3. The van der Waals surface area contributed by atoms with Gasteiger partial charge in [-0.2, -0.15) is 5.10 Å². The predicted molar refractivity (Wildman–Crippen MR) is 65.4 cm³/mol. The summed E-state index contributed by atoms with van der Waals surface area (Å²) in [6.07, 6.45) is 1.96. The van der Waals surface area contributed by atoms with Gasteiger partial charge in [-0.3, -0.25) is 0 Å². The van der Waals surface area contributed by atoms with Crippen LogP contribution < -0.4 is 10.1 Å². The van der Waals surface area contributed by atoms with E-state index >= 15 is 0 Å². The molecule has 0 radical (unpaired) electrons. The third-order valence-corrected chi connectivity index (χ3v) is 3.26. The summed E-state index contributed by atoms with van der Waals surface area (Å²) in [5.41, 5.74) is 2.62. The van der Waals surface area contributed by atoms with E-state index < -0.39 is 0 Å². The van der Waals surface area contributed by atoms with Gasteiger partial charge in [0.15, 0.2) is 0 Å². The van der Waals surface area contributed by atoms with E-state index in [2.05, 4.69) is 20.7 Å². The lowest BCUT2D eigenvalue weighted by molar-refractivity contribution is 0.313. The van der Waals surface area contributed by atoms with E-state index in [0.717, 1.165) is 30.0 Å². The summed E-state index contributed by atoms with van der Waals surface area (Å²) in [6, 6.07) is 0.411. The molecule has 1 N–H and O–H groups in total. The van der Waals surface area contributed by atoms with Gasteiger partial charge < -0.3 is 10.1 Å². The molecule has 7 nitrogen and oxygen atoms in total. The van der Waals surface area contributed by atoms with Crippen LogP contribution in [0.2, 0.25) is 0 Å². The number of aryl methyl sites for hydroxylation is 2. The van der Waals surface area contributed by atoms with Crippen molar-refractivity contribution >= 4 is 0 Å². The Balaban J connectivity index is 2.01. The summed E-state index contributed by atoms with van der Waals surface area (Å²) in [7, 11) is 3.50. The zero-order valence-corrected chi connectivity index (χ0v) is 10.7. The lowest BCUT2D eigenvalue weighted by Crippen LogP contribution is -2.43. The highest BCUT2D eigenvalue weighted by atomic mass is 16.5. The molecule has 1 aliphatic rings. The summed E-state index contributed by atoms with van der Waals surface area (Å²) < 4.78 is 8.99. The van der Waals surface area contributed by atoms with Crippen LogP contribution in [0.4, 0.5) is 0 Å². The summed E-state index contributed by atoms with van der Waals surface area (Å²) in [5.74, 6) is 0.714. The molecule has 18 heavy (non-hydrogen) atoms. The summed E-state index contributed by atoms with van der Waals surface area (Å²) in [4.78, 5) is 0. The van der Waals surface area contributed by atoms with Crippen LogP contribution in [0.1, 0.15) is 11.7 Å². The van der Waals surface area contributed by atoms with Crippen molar-refractivity contribution in [2.75, 3.05) is 20.2 Å². The first-order valence-electron chi connectivity index (χ1n) is 5.91. The molecule has 2 aromatic heterocycles. The van der Waals surface area contributed by atoms with Crippen molar-refractivity contribution in [1.29, 1.82) is 0 Å². The molecule has 2 aromatic rings. The normalized spacial score (nSPS) is 15.7. The minimum Gasteiger partial charge on any atom is -0.481 e. The maximum absolute atomic E-state index is 5.37. The van der Waals surface area contributed by atoms with E-state index in [-0.39, 0.29) is 0 Å². The van der Waals surface area contributed by atoms with Crippen molar-refractivity contribution in [1.82, 2.24) is 30.1 Å². The van der Waals surface area contributed by atoms with Gasteiger partial charge in [-0.15, -0.1) is 5.10 Å². The number of methoxy groups -OCH3 is 1. The van der Waals surface area contributed by atoms with E-state index in [4.69, 9.17) is 4.74 Å². The highest BCUT2D eigenvalue weighted by Gasteiger charge is 2.23. The predicted octanol–water partition coefficient (Wildman–Crippen LogP) is 0.140. The molecule has 1 fully saturated rings. The zero-order chi connectivity index (χ0) is 12.7. The third kappa shape index (κ3) is 1.59. The fraction of sp³-hybridized carbons (Fsp3) is 0.545. The van der Waals surface area contributed by atoms with Crippen molar-refractivity contribution in [2.45, 2.75) is 13.0 Å². The van der Waals surface area contributed by atoms with Gasteiger partial charge in [0.05, 0.1) is 30.6 Å². The van der Waals surface area contributed by atoms with E-state index in [1.165, 1.54) is 0 Å². The van der Waals surface area contributed by atoms with Crippen LogP contribution in [0, 0.1) is 6.92 Å². The number of ether oxygens (including phenoxy) is 1. The van der Waals surface area contributed by atoms with Gasteiger partial charge >= 0.3 is 0 Å². The molecule has 3 rings (SSSR count). The first kappa shape index (κ1) is 11.2. The maximum atomic E-state index is 5.37. The second-order valence-electron chi connectivity index (χ2n) is 4.49. The average molecular weight is 248 g/mol. The molecule has 7 heteroatoms. The molecule has 0 aliphatic carbocycles. The first-order valence-corrected chi connectivity index (χ1v) is 5.91. The number of nitrogens with one attached hydrogen (secondary N) is 1. The Morgan fingerprint density at radius 3 is 2.83 bits per heavy atom. The standard InChI is InChI=1S/C11H16N6O/c1-7-10(11(18-3)16(2)14-7)9-6-17(15-13-9)8-4-12-5-8/h6,8,12H,4-5H2,1-3H3. The van der Waals surface area contributed by atoms with Crippen LogP contribution in [-0.2, 0) is 7.05 Å². The molecule has 0 unspecified atom stereocenters. The van der Waals surface area contributed by atoms with E-state index in [1.807, 2.05) is 24.9 Å². The van der Waals surface area contributed by atoms with Crippen molar-refractivity contribution in [3.63, 3.8) is 0 Å². The van der Waals surface area contributed by atoms with Crippen molar-refractivity contribution < 1.29 is 4.74 Å². The molecule has 0 aromatic carbocycles. The van der Waals surface area contributed by atoms with E-state index in [9.17, 15) is 0 Å². The highest BCUT2D eigenvalue weighted by molar-refractivity contribution is 5.67. The average Bonchev–Trinajstić information content (AvgIpc) is 2.80. The second kappa shape index (κ2) is 4.09. The van der Waals surface area contributed by atoms with E-state index in [1.54, 1.807) is 11.8 Å². The molecule has 1 saturated heterocycles. The largest absolute Gasteiger partial charge is 0.481 e. The fourth-order valence-corrected chi connectivity index (χ4v) is 2.20. The molecular formula is C11H16N6O. The van der Waals surface area contributed by atoms with Gasteiger partial charge in [-0.1, -0.05) is 5.21 Å². The molecule has 0 spiro atoms. The Morgan fingerprint density at radius 1 is 1.44 bits per heavy atom. The molecule has 0 atom stereocenters. The molecular weight excluding hydrogens is 232 g/mol. The van der Waals surface area contributed by atoms with Gasteiger partial charge in [0.1, 0.15) is 5.69 Å². The van der Waals surface area contributed by atoms with Crippen molar-refractivity contribution in [2.24, 2.45) is 7.05 Å². The molecule has 1 aliphatic heterocycles. The third-order valence-electron chi connectivity index (χ3n) is 3.26. The fourth-order valence-electron chi connectivity index (χ4n) is 2.20. The van der Waals surface area contributed by atoms with Crippen molar-refractivity contribution in [3.8, 4) is 17.1 Å². The molecule has 96 valence electrons. The first-order chi connectivity index (χ1) is 8.70. The Bertz CT molecular complexity index is 568. The van der Waals surface area contributed by atoms with Crippen LogP contribution in [0.3, 0.4) is 0 Å². The Labute approximate surface area is 105 Å². The molecule has 0 amide bonds. The zero-order valence-electron chi connectivity index (χ0n) is 10.7. The minimum atomic E-state index is 0.411. The van der Waals surface area contributed by atoms with Gasteiger partial charge in [0, 0.05) is 20.1 Å². The van der Waals surface area contributed by atoms with Crippen LogP contribution in [0.25, 0.3) is 11.3 Å².